The maximum absolute atomic E-state index is 14.3. The summed E-state index contributed by atoms with van der Waals surface area (Å²) < 4.78 is 61.8. The maximum Gasteiger partial charge on any atom is 0.170 e. The first-order chi connectivity index (χ1) is 43.4. The summed E-state index contributed by atoms with van der Waals surface area (Å²) in [5, 5.41) is 14.1. The Hall–Kier alpha value is -5.43. The van der Waals surface area contributed by atoms with E-state index in [0.717, 1.165) is 39.3 Å². The number of piperidine rings is 3. The zero-order valence-corrected chi connectivity index (χ0v) is 54.0. The molecule has 3 heterocycles. The normalized spacial score (nSPS) is 23.6. The van der Waals surface area contributed by atoms with E-state index in [9.17, 15) is 28.3 Å². The minimum Gasteiger partial charge on any atom is -0.491 e. The number of nitrogens with zero attached hydrogens (tertiary/aromatic N) is 3. The number of Topliss-reactive ketones (excluding diaryl/α,β-unsaturated/α-hetero) is 3. The molecule has 3 saturated heterocycles. The zero-order chi connectivity index (χ0) is 63.3. The van der Waals surface area contributed by atoms with Crippen molar-refractivity contribution in [2.24, 2.45) is 53.3 Å². The van der Waals surface area contributed by atoms with Crippen molar-refractivity contribution >= 4 is 87.0 Å². The summed E-state index contributed by atoms with van der Waals surface area (Å²) in [5.41, 5.74) is 0. The van der Waals surface area contributed by atoms with Crippen LogP contribution in [0.2, 0.25) is 30.1 Å². The molecule has 6 fully saturated rings. The quantitative estimate of drug-likeness (QED) is 0.0459. The van der Waals surface area contributed by atoms with Crippen LogP contribution in [0.25, 0.3) is 0 Å². The molecule has 6 aliphatic rings. The van der Waals surface area contributed by atoms with E-state index in [1.54, 1.807) is 146 Å². The van der Waals surface area contributed by atoms with Gasteiger partial charge in [0.1, 0.15) is 92.6 Å². The molecule has 1 N–H and O–H groups in total. The highest BCUT2D eigenvalue weighted by atomic mass is 35.5. The number of halogens is 8. The van der Waals surface area contributed by atoms with Crippen LogP contribution in [0.3, 0.4) is 0 Å². The summed E-state index contributed by atoms with van der Waals surface area (Å²) in [6.45, 7) is 7.12. The molecule has 3 saturated carbocycles. The number of aliphatic hydroxyl groups is 1. The second-order valence-electron chi connectivity index (χ2n) is 24.2. The summed E-state index contributed by atoms with van der Waals surface area (Å²) in [4.78, 5) is 43.2. The zero-order valence-electron chi connectivity index (χ0n) is 49.5. The van der Waals surface area contributed by atoms with Crippen molar-refractivity contribution in [2.75, 3.05) is 98.5 Å². The van der Waals surface area contributed by atoms with Crippen molar-refractivity contribution in [3.05, 3.63) is 176 Å². The summed E-state index contributed by atoms with van der Waals surface area (Å²) in [6.07, 6.45) is -1.01. The molecule has 0 aromatic heterocycles. The van der Waals surface area contributed by atoms with Gasteiger partial charge in [-0.25, -0.2) is 8.78 Å². The second-order valence-corrected chi connectivity index (χ2v) is 26.8. The number of ketones is 3. The van der Waals surface area contributed by atoms with Gasteiger partial charge in [-0.15, -0.1) is 0 Å². The van der Waals surface area contributed by atoms with Crippen LogP contribution in [0.4, 0.5) is 8.78 Å². The lowest BCUT2D eigenvalue weighted by Gasteiger charge is -2.22. The Labute approximate surface area is 554 Å². The number of hydrogen-bond donors (Lipinski definition) is 1. The Balaban J connectivity index is 0.000000148. The first kappa shape index (κ1) is 67.5. The molecule has 21 heteroatoms. The Morgan fingerprint density at radius 1 is 0.356 bits per heavy atom. The van der Waals surface area contributed by atoms with E-state index in [0.29, 0.717) is 157 Å². The lowest BCUT2D eigenvalue weighted by atomic mass is 10.1. The Morgan fingerprint density at radius 3 is 0.811 bits per heavy atom. The number of rotatable bonds is 30. The van der Waals surface area contributed by atoms with Crippen LogP contribution in [0.15, 0.2) is 146 Å². The smallest absolute Gasteiger partial charge is 0.170 e. The summed E-state index contributed by atoms with van der Waals surface area (Å²) in [6, 6.07) is 41.9. The van der Waals surface area contributed by atoms with Crippen molar-refractivity contribution < 1.29 is 56.7 Å². The number of carbonyl (C=O) groups excluding carboxylic acids is 3. The number of fused-ring (bicyclic) bond motifs is 3. The van der Waals surface area contributed by atoms with Gasteiger partial charge >= 0.3 is 0 Å². The Morgan fingerprint density at radius 2 is 0.567 bits per heavy atom. The molecular formula is C69H73Cl6F2N3O10. The molecule has 0 amide bonds. The molecule has 3 aliphatic carbocycles. The van der Waals surface area contributed by atoms with Crippen molar-refractivity contribution in [1.82, 2.24) is 14.7 Å². The molecule has 6 unspecified atom stereocenters. The molecule has 6 aromatic rings. The highest BCUT2D eigenvalue weighted by Crippen LogP contribution is 2.55. The summed E-state index contributed by atoms with van der Waals surface area (Å²) in [7, 11) is 0. The number of carbonyl (C=O) groups is 3. The van der Waals surface area contributed by atoms with Gasteiger partial charge < -0.3 is 38.4 Å². The van der Waals surface area contributed by atoms with Crippen LogP contribution in [0.1, 0.15) is 19.3 Å². The predicted molar refractivity (Wildman–Crippen MR) is 347 cm³/mol. The fourth-order valence-electron chi connectivity index (χ4n) is 12.8. The molecule has 480 valence electrons. The minimum atomic E-state index is -1.05. The molecule has 13 nitrogen and oxygen atoms in total. The highest BCUT2D eigenvalue weighted by Gasteiger charge is 2.57. The molecule has 0 spiro atoms. The van der Waals surface area contributed by atoms with E-state index < -0.39 is 18.4 Å². The monoisotopic (exact) mass is 1350 g/mol. The molecule has 12 rings (SSSR count). The minimum absolute atomic E-state index is 0.0252. The van der Waals surface area contributed by atoms with E-state index in [4.69, 9.17) is 98.0 Å². The molecular weight excluding hydrogens is 1280 g/mol. The molecule has 0 radical (unpaired) electrons. The van der Waals surface area contributed by atoms with Gasteiger partial charge in [0.15, 0.2) is 17.3 Å². The van der Waals surface area contributed by atoms with E-state index in [1.807, 2.05) is 0 Å². The predicted octanol–water partition coefficient (Wildman–Crippen LogP) is 13.8. The first-order valence-corrected chi connectivity index (χ1v) is 32.7. The number of alkyl halides is 2. The van der Waals surface area contributed by atoms with Gasteiger partial charge in [0.25, 0.3) is 0 Å². The van der Waals surface area contributed by atoms with Crippen molar-refractivity contribution in [2.45, 2.75) is 37.7 Å². The van der Waals surface area contributed by atoms with Gasteiger partial charge in [-0.2, -0.15) is 0 Å². The van der Waals surface area contributed by atoms with Gasteiger partial charge in [-0.3, -0.25) is 24.2 Å². The lowest BCUT2D eigenvalue weighted by Crippen LogP contribution is -2.36. The van der Waals surface area contributed by atoms with Crippen LogP contribution in [0.5, 0.6) is 34.5 Å². The van der Waals surface area contributed by atoms with Crippen LogP contribution < -0.4 is 28.4 Å². The third-order valence-corrected chi connectivity index (χ3v) is 19.0. The average molecular weight is 1360 g/mol. The second kappa shape index (κ2) is 32.4. The largest absolute Gasteiger partial charge is 0.491 e. The van der Waals surface area contributed by atoms with Gasteiger partial charge in [0.05, 0.1) is 0 Å². The Kier molecular flexibility index (Phi) is 24.3. The van der Waals surface area contributed by atoms with Gasteiger partial charge in [0, 0.05) is 108 Å². The van der Waals surface area contributed by atoms with E-state index >= 15 is 0 Å². The highest BCUT2D eigenvalue weighted by molar-refractivity contribution is 6.32. The number of ether oxygens (including phenoxy) is 6. The SMILES string of the molecule is O=C(COc1ccc(Cl)cc1)CC1[C@H]2CN(CC(F)COc3ccc(Cl)cc3)C[C@@H]12.O=C(COc1ccc(Cl)cc1)CC1[C@H]2CN(CC(F)COc3ccc(Cl)cc3)C[C@@H]12.O=C(COc1ccc(Cl)cc1)CC1[C@H]2CN(CC(O)COc3ccc(Cl)cc3)C[C@@H]12. The van der Waals surface area contributed by atoms with Crippen molar-refractivity contribution in [3.8, 4) is 34.5 Å². The topological polar surface area (TPSA) is 137 Å². The van der Waals surface area contributed by atoms with Gasteiger partial charge in [0.2, 0.25) is 0 Å². The Bertz CT molecular complexity index is 2890. The first-order valence-electron chi connectivity index (χ1n) is 30.4. The number of β-amino-alcohol motifs (C(OH)–C–C–N with tert-alkyl or cyclic N) is 1. The fourth-order valence-corrected chi connectivity index (χ4v) is 13.5. The number of aliphatic hydroxyl groups excluding tert-OH is 1. The number of likely N-dealkylation sites (tertiary alicyclic amines) is 3. The maximum atomic E-state index is 14.3. The lowest BCUT2D eigenvalue weighted by molar-refractivity contribution is -0.122. The van der Waals surface area contributed by atoms with E-state index in [2.05, 4.69) is 14.7 Å². The van der Waals surface area contributed by atoms with E-state index in [1.165, 1.54) is 0 Å². The molecule has 6 aromatic carbocycles. The third-order valence-electron chi connectivity index (χ3n) is 17.5. The van der Waals surface area contributed by atoms with Crippen LogP contribution in [-0.4, -0.2) is 154 Å². The van der Waals surface area contributed by atoms with Gasteiger partial charge in [-0.1, -0.05) is 69.6 Å². The van der Waals surface area contributed by atoms with Crippen molar-refractivity contribution in [1.29, 1.82) is 0 Å². The molecule has 3 aliphatic heterocycles. The van der Waals surface area contributed by atoms with Crippen molar-refractivity contribution in [3.63, 3.8) is 0 Å². The van der Waals surface area contributed by atoms with Crippen LogP contribution in [-0.2, 0) is 14.4 Å². The number of benzene rings is 6. The molecule has 12 atom stereocenters. The number of hydrogen-bond acceptors (Lipinski definition) is 13. The summed E-state index contributed by atoms with van der Waals surface area (Å²) in [5.74, 6) is 8.56. The summed E-state index contributed by atoms with van der Waals surface area (Å²) >= 11 is 35.0. The average Bonchev–Trinajstić information content (AvgIpc) is 1.64. The van der Waals surface area contributed by atoms with Crippen LogP contribution >= 0.6 is 69.6 Å². The molecule has 0 bridgehead atoms. The third kappa shape index (κ3) is 20.8. The fraction of sp³-hybridized carbons (Fsp3) is 0.435. The molecule has 90 heavy (non-hydrogen) atoms. The van der Waals surface area contributed by atoms with E-state index in [-0.39, 0.29) is 57.0 Å². The van der Waals surface area contributed by atoms with Gasteiger partial charge in [-0.05, 0) is 199 Å². The van der Waals surface area contributed by atoms with Crippen LogP contribution in [0, 0.1) is 53.3 Å². The standard InChI is InChI=1S/2C23H24Cl2FNO3.C23H25Cl2NO4/c2*24-15-1-5-19(6-2-15)29-13-17(26)10-27-11-22-21(23(22)12-27)9-18(28)14-30-20-7-3-16(25)4-8-20;24-15-1-5-19(6-2-15)29-13-17(27)9-21-22-11-26(12-23(21)22)10-18(28)14-30-20-7-3-16(25)4-8-20/h2*1-8,17,21-23H,9-14H2;1-8,18,21-23,28H,9-14H2/t2*17?,21?,22-,23+;18?,21?,22-,23+.